The summed E-state index contributed by atoms with van der Waals surface area (Å²) < 4.78 is 53.7. The Morgan fingerprint density at radius 2 is 1.68 bits per heavy atom. The second-order valence-electron chi connectivity index (χ2n) is 6.04. The zero-order valence-corrected chi connectivity index (χ0v) is 14.5. The van der Waals surface area contributed by atoms with Crippen molar-refractivity contribution >= 4 is 11.0 Å². The molecule has 0 saturated heterocycles. The first-order valence-corrected chi connectivity index (χ1v) is 8.47. The first-order chi connectivity index (χ1) is 13.5. The van der Waals surface area contributed by atoms with Crippen molar-refractivity contribution in [1.29, 1.82) is 0 Å². The maximum atomic E-state index is 12.3. The van der Waals surface area contributed by atoms with Gasteiger partial charge in [0.15, 0.2) is 5.58 Å². The van der Waals surface area contributed by atoms with E-state index in [9.17, 15) is 13.2 Å². The molecular weight excluding hydrogens is 373 g/mol. The largest absolute Gasteiger partial charge is 0.573 e. The van der Waals surface area contributed by atoms with Crippen LogP contribution in [0, 0.1) is 0 Å². The van der Waals surface area contributed by atoms with Crippen LogP contribution in [0.1, 0.15) is 0 Å². The Labute approximate surface area is 157 Å². The Morgan fingerprint density at radius 1 is 0.964 bits per heavy atom. The fourth-order valence-corrected chi connectivity index (χ4v) is 2.82. The van der Waals surface area contributed by atoms with Gasteiger partial charge in [-0.2, -0.15) is 0 Å². The molecule has 4 rings (SSSR count). The molecule has 0 aliphatic heterocycles. The van der Waals surface area contributed by atoms with Gasteiger partial charge in [-0.15, -0.1) is 13.2 Å². The van der Waals surface area contributed by atoms with E-state index in [0.717, 1.165) is 11.1 Å². The fraction of sp³-hybridized carbons (Fsp3) is 0.150. The van der Waals surface area contributed by atoms with E-state index in [-0.39, 0.29) is 5.75 Å². The minimum absolute atomic E-state index is 0.267. The topological polar surface area (TPSA) is 49.4 Å². The van der Waals surface area contributed by atoms with Gasteiger partial charge in [-0.05, 0) is 52.7 Å². The molecular formula is C20H15F3N2O3. The van der Waals surface area contributed by atoms with Gasteiger partial charge in [0, 0.05) is 12.4 Å². The van der Waals surface area contributed by atoms with E-state index in [0.29, 0.717) is 30.0 Å². The normalized spacial score (nSPS) is 11.7. The van der Waals surface area contributed by atoms with Gasteiger partial charge in [-0.3, -0.25) is 0 Å². The summed E-state index contributed by atoms with van der Waals surface area (Å²) in [5.74, 6) is 0.109. The van der Waals surface area contributed by atoms with Gasteiger partial charge < -0.3 is 18.6 Å². The molecule has 2 aromatic heterocycles. The first-order valence-electron chi connectivity index (χ1n) is 8.47. The lowest BCUT2D eigenvalue weighted by molar-refractivity contribution is -0.274. The molecule has 5 nitrogen and oxygen atoms in total. The van der Waals surface area contributed by atoms with Crippen molar-refractivity contribution in [2.45, 2.75) is 12.9 Å². The van der Waals surface area contributed by atoms with Gasteiger partial charge in [0.25, 0.3) is 5.88 Å². The summed E-state index contributed by atoms with van der Waals surface area (Å²) in [6, 6.07) is 14.9. The van der Waals surface area contributed by atoms with Crippen LogP contribution in [-0.4, -0.2) is 22.7 Å². The number of aromatic nitrogens is 2. The van der Waals surface area contributed by atoms with Crippen molar-refractivity contribution in [1.82, 2.24) is 9.72 Å². The molecule has 0 spiro atoms. The lowest BCUT2D eigenvalue weighted by Crippen LogP contribution is -2.16. The number of benzene rings is 2. The number of ether oxygens (including phenoxy) is 2. The number of fused-ring (bicyclic) bond motifs is 1. The highest BCUT2D eigenvalue weighted by molar-refractivity contribution is 5.87. The molecule has 0 saturated carbocycles. The molecule has 0 aliphatic rings. The molecule has 0 unspecified atom stereocenters. The lowest BCUT2D eigenvalue weighted by Gasteiger charge is -2.09. The third-order valence-electron chi connectivity index (χ3n) is 4.11. The molecule has 0 radical (unpaired) electrons. The standard InChI is InChI=1S/C20H15F3N2O3/c21-20(22,23)27-16-6-3-14(4-7-16)15-5-8-18-17(13-15)19(24-28-18)26-12-11-25-9-1-2-10-25/h1-10,13H,11-12H2. The van der Waals surface area contributed by atoms with Crippen LogP contribution in [0.5, 0.6) is 11.6 Å². The second-order valence-corrected chi connectivity index (χ2v) is 6.04. The molecule has 8 heteroatoms. The zero-order valence-electron chi connectivity index (χ0n) is 14.5. The molecule has 4 aromatic rings. The predicted octanol–water partition coefficient (Wildman–Crippen LogP) is 5.27. The number of alkyl halides is 3. The van der Waals surface area contributed by atoms with E-state index < -0.39 is 6.36 Å². The van der Waals surface area contributed by atoms with Crippen molar-refractivity contribution in [2.75, 3.05) is 6.61 Å². The molecule has 0 atom stereocenters. The van der Waals surface area contributed by atoms with Crippen LogP contribution >= 0.6 is 0 Å². The van der Waals surface area contributed by atoms with Crippen molar-refractivity contribution in [2.24, 2.45) is 0 Å². The predicted molar refractivity (Wildman–Crippen MR) is 96.1 cm³/mol. The Balaban J connectivity index is 1.52. The maximum absolute atomic E-state index is 12.3. The van der Waals surface area contributed by atoms with Gasteiger partial charge >= 0.3 is 6.36 Å². The number of halogens is 3. The Bertz CT molecular complexity index is 1050. The summed E-state index contributed by atoms with van der Waals surface area (Å²) in [6.45, 7) is 1.09. The van der Waals surface area contributed by atoms with Crippen LogP contribution in [-0.2, 0) is 6.54 Å². The smallest absolute Gasteiger partial charge is 0.473 e. The minimum atomic E-state index is -4.71. The zero-order chi connectivity index (χ0) is 19.6. The maximum Gasteiger partial charge on any atom is 0.573 e. The third-order valence-corrected chi connectivity index (χ3v) is 4.11. The highest BCUT2D eigenvalue weighted by Gasteiger charge is 2.30. The van der Waals surface area contributed by atoms with Crippen molar-refractivity contribution in [3.05, 3.63) is 67.0 Å². The molecule has 0 bridgehead atoms. The van der Waals surface area contributed by atoms with E-state index in [2.05, 4.69) is 9.89 Å². The van der Waals surface area contributed by atoms with Crippen LogP contribution in [0.4, 0.5) is 13.2 Å². The van der Waals surface area contributed by atoms with Crippen molar-refractivity contribution < 1.29 is 27.2 Å². The minimum Gasteiger partial charge on any atom is -0.473 e. The molecule has 0 N–H and O–H groups in total. The van der Waals surface area contributed by atoms with E-state index in [4.69, 9.17) is 9.26 Å². The van der Waals surface area contributed by atoms with Crippen LogP contribution in [0.15, 0.2) is 71.5 Å². The number of nitrogens with zero attached hydrogens (tertiary/aromatic N) is 2. The summed E-state index contributed by atoms with van der Waals surface area (Å²) >= 11 is 0. The number of hydrogen-bond acceptors (Lipinski definition) is 4. The van der Waals surface area contributed by atoms with Gasteiger partial charge in [0.1, 0.15) is 12.4 Å². The molecule has 0 amide bonds. The Morgan fingerprint density at radius 3 is 2.39 bits per heavy atom. The molecule has 0 aliphatic carbocycles. The first kappa shape index (κ1) is 18.0. The van der Waals surface area contributed by atoms with E-state index in [1.165, 1.54) is 12.1 Å². The molecule has 144 valence electrons. The molecule has 2 heterocycles. The van der Waals surface area contributed by atoms with Crippen LogP contribution < -0.4 is 9.47 Å². The SMILES string of the molecule is FC(F)(F)Oc1ccc(-c2ccc3onc(OCCn4cccc4)c3c2)cc1. The summed E-state index contributed by atoms with van der Waals surface area (Å²) in [4.78, 5) is 0. The van der Waals surface area contributed by atoms with Gasteiger partial charge in [0.2, 0.25) is 0 Å². The fourth-order valence-electron chi connectivity index (χ4n) is 2.82. The van der Waals surface area contributed by atoms with Crippen LogP contribution in [0.25, 0.3) is 22.1 Å². The molecule has 2 aromatic carbocycles. The van der Waals surface area contributed by atoms with E-state index in [1.807, 2.05) is 35.2 Å². The molecule has 0 fully saturated rings. The second kappa shape index (κ2) is 7.30. The number of hydrogen-bond donors (Lipinski definition) is 0. The van der Waals surface area contributed by atoms with Crippen LogP contribution in [0.2, 0.25) is 0 Å². The van der Waals surface area contributed by atoms with Crippen LogP contribution in [0.3, 0.4) is 0 Å². The lowest BCUT2D eigenvalue weighted by atomic mass is 10.0. The van der Waals surface area contributed by atoms with Crippen molar-refractivity contribution in [3.8, 4) is 22.8 Å². The highest BCUT2D eigenvalue weighted by Crippen LogP contribution is 2.31. The summed E-state index contributed by atoms with van der Waals surface area (Å²) in [5.41, 5.74) is 2.09. The summed E-state index contributed by atoms with van der Waals surface area (Å²) in [6.07, 6.45) is -0.834. The number of rotatable bonds is 6. The van der Waals surface area contributed by atoms with E-state index in [1.54, 1.807) is 24.3 Å². The molecule has 28 heavy (non-hydrogen) atoms. The third kappa shape index (κ3) is 4.11. The average molecular weight is 388 g/mol. The Kier molecular flexibility index (Phi) is 4.68. The summed E-state index contributed by atoms with van der Waals surface area (Å²) in [7, 11) is 0. The van der Waals surface area contributed by atoms with Gasteiger partial charge in [-0.25, -0.2) is 0 Å². The summed E-state index contributed by atoms with van der Waals surface area (Å²) in [5, 5.41) is 4.65. The highest BCUT2D eigenvalue weighted by atomic mass is 19.4. The monoisotopic (exact) mass is 388 g/mol. The van der Waals surface area contributed by atoms with Gasteiger partial charge in [0.05, 0.1) is 11.9 Å². The van der Waals surface area contributed by atoms with Crippen molar-refractivity contribution in [3.63, 3.8) is 0 Å². The Hall–Kier alpha value is -3.42. The quantitative estimate of drug-likeness (QED) is 0.451. The van der Waals surface area contributed by atoms with E-state index >= 15 is 0 Å². The average Bonchev–Trinajstić information content (AvgIpc) is 3.31. The van der Waals surface area contributed by atoms with Gasteiger partial charge in [-0.1, -0.05) is 18.2 Å².